The second-order valence-electron chi connectivity index (χ2n) is 26.2. The molecule has 0 saturated carbocycles. The molecule has 0 radical (unpaired) electrons. The van der Waals surface area contributed by atoms with Gasteiger partial charge in [0.1, 0.15) is 59.7 Å². The Kier molecular flexibility index (Phi) is 34.1. The molecule has 2 unspecified atom stereocenters. The van der Waals surface area contributed by atoms with E-state index in [9.17, 15) is 62.3 Å². The van der Waals surface area contributed by atoms with Crippen LogP contribution < -0.4 is 131 Å². The van der Waals surface area contributed by atoms with Crippen molar-refractivity contribution in [3.8, 4) is 33.4 Å². The molecule has 41 heteroatoms. The van der Waals surface area contributed by atoms with Crippen molar-refractivity contribution >= 4 is 129 Å². The van der Waals surface area contributed by atoms with Crippen LogP contribution in [0.5, 0.6) is 0 Å². The van der Waals surface area contributed by atoms with Crippen LogP contribution in [0.25, 0.3) is 33.4 Å². The van der Waals surface area contributed by atoms with Gasteiger partial charge in [0.05, 0.1) is 12.1 Å². The first-order valence-electron chi connectivity index (χ1n) is 36.0. The summed E-state index contributed by atoms with van der Waals surface area (Å²) in [5.74, 6) is -8.33. The fourth-order valence-electron chi connectivity index (χ4n) is 11.3. The van der Waals surface area contributed by atoms with E-state index in [0.29, 0.717) is 27.1 Å². The van der Waals surface area contributed by atoms with Crippen LogP contribution in [0.2, 0.25) is 10.0 Å². The number of primary amides is 1. The number of anilines is 3. The van der Waals surface area contributed by atoms with E-state index < -0.39 is 162 Å². The van der Waals surface area contributed by atoms with Crippen molar-refractivity contribution in [3.05, 3.63) is 185 Å². The van der Waals surface area contributed by atoms with E-state index in [1.54, 1.807) is 54.6 Å². The summed E-state index contributed by atoms with van der Waals surface area (Å²) in [5.41, 5.74) is 46.1. The molecule has 6 aromatic carbocycles. The van der Waals surface area contributed by atoms with E-state index in [1.807, 2.05) is 97.1 Å². The molecule has 0 bridgehead atoms. The predicted octanol–water partition coefficient (Wildman–Crippen LogP) is -1.21. The highest BCUT2D eigenvalue weighted by Gasteiger charge is 2.37. The zero-order valence-electron chi connectivity index (χ0n) is 62.5. The number of rotatable bonds is 12. The van der Waals surface area contributed by atoms with Crippen LogP contribution in [-0.2, 0) is 47.9 Å². The van der Waals surface area contributed by atoms with Crippen LogP contribution >= 0.6 is 23.2 Å². The number of halogens is 2. The van der Waals surface area contributed by atoms with Crippen LogP contribution in [0.1, 0.15) is 34.1 Å². The molecule has 16 amide bonds. The van der Waals surface area contributed by atoms with Crippen molar-refractivity contribution in [2.24, 2.45) is 50.1 Å². The van der Waals surface area contributed by atoms with Gasteiger partial charge in [0.2, 0.25) is 47.3 Å². The van der Waals surface area contributed by atoms with E-state index in [2.05, 4.69) is 100 Å². The van der Waals surface area contributed by atoms with Crippen LogP contribution in [0.4, 0.5) is 31.4 Å². The molecule has 39 nitrogen and oxygen atoms in total. The molecule has 4 aliphatic heterocycles. The quantitative estimate of drug-likeness (QED) is 0.0639. The van der Waals surface area contributed by atoms with Crippen LogP contribution in [0, 0.1) is 0 Å². The summed E-state index contributed by atoms with van der Waals surface area (Å²) in [7, 11) is 0. The first kappa shape index (κ1) is 90.5. The minimum absolute atomic E-state index is 0. The number of nitrogens with two attached hydrogens (primary N) is 7. The largest absolute Gasteiger partial charge is 0.370 e. The van der Waals surface area contributed by atoms with Gasteiger partial charge in [-0.15, -0.1) is 0 Å². The summed E-state index contributed by atoms with van der Waals surface area (Å²) in [6.45, 7) is 1.70. The second-order valence-corrected chi connectivity index (χ2v) is 27.0. The molecule has 2 saturated heterocycles. The highest BCUT2D eigenvalue weighted by Crippen LogP contribution is 2.27. The van der Waals surface area contributed by atoms with Crippen molar-refractivity contribution < 1.29 is 62.3 Å². The molecular weight excluding hydrogens is 1560 g/mol. The lowest BCUT2D eigenvalue weighted by Crippen LogP contribution is -2.63. The van der Waals surface area contributed by atoms with E-state index in [4.69, 9.17) is 63.3 Å². The second kappa shape index (κ2) is 44.1. The van der Waals surface area contributed by atoms with Gasteiger partial charge in [0, 0.05) is 78.8 Å². The molecular formula is C76H94Cl2N26O13. The number of hydrogen-bond donors (Lipinski definition) is 24. The van der Waals surface area contributed by atoms with E-state index in [-0.39, 0.29) is 58.4 Å². The lowest BCUT2D eigenvalue weighted by Gasteiger charge is -2.31. The zero-order chi connectivity index (χ0) is 84.1. The Bertz CT molecular complexity index is 4730. The molecule has 0 aromatic heterocycles. The monoisotopic (exact) mass is 1650 g/mol. The molecule has 10 atom stereocenters. The number of amides is 16. The maximum absolute atomic E-state index is 13.7. The number of guanidine groups is 2. The Balaban J connectivity index is 0.000000267. The Hall–Kier alpha value is -13.7. The lowest BCUT2D eigenvalue weighted by atomic mass is 10.0. The first-order valence-corrected chi connectivity index (χ1v) is 36.7. The van der Waals surface area contributed by atoms with Gasteiger partial charge in [0.15, 0.2) is 11.9 Å². The van der Waals surface area contributed by atoms with Gasteiger partial charge in [-0.1, -0.05) is 122 Å². The zero-order valence-corrected chi connectivity index (χ0v) is 64.0. The standard InChI is InChI=1S/C31H39ClN12O6.C31H40N12O6.C13H11ClN2O.CH4/c1-15-25(45)41-22(12-33)27(47)42-23(14-38-31(50)40-19-4-2-3-17(11-19)16-5-7-18(32)8-6-16)28(48)44-24(21-9-10-36-30(35)43-21)29(49)37-13-20(34)26(46)39-15;1-16-25(44)40-22(13-32)27(46)41-23(15-37-31(49)39-19-9-5-8-18(12-19)17-6-3-2-4-7-17)28(47)43-24(21-10-11-35-30(34)42-21)29(48)36-14-20(33)26(45)38-16;14-11-6-4-9(5-7-11)10-2-1-3-12(8-10)16-13(15)17;/h2-8,11,14-15,20-22,24H,9-10,12-13,33-34H2,1H3,(H,37,49)(H,39,46)(H,41,45)(H,42,47)(H,44,48)(H3,35,36,43)(H2,38,40,50);2-9,12,15-16,20-22,24H,10-11,13-14,32-33H2,1H3,(H,36,48)(H,38,45)(H,40,44)(H,41,46)(H,43,47)(H3,34,35,42)(H2,37,39,49);1-8H,(H3,15,16,17);1H4/b23-14-;23-15-;;/t15-,20-,21?,22-,24-;16-,20-,21?,22-,24-;;/m00../s1. The van der Waals surface area contributed by atoms with Gasteiger partial charge < -0.3 is 131 Å². The number of hydrogen-bond acceptors (Lipinski definition) is 23. The fourth-order valence-corrected chi connectivity index (χ4v) is 11.6. The Labute approximate surface area is 681 Å². The van der Waals surface area contributed by atoms with Crippen LogP contribution in [-0.4, -0.2) is 189 Å². The maximum Gasteiger partial charge on any atom is 0.323 e. The normalized spacial score (nSPS) is 22.5. The number of nitrogens with one attached hydrogen (secondary N) is 17. The van der Waals surface area contributed by atoms with Crippen molar-refractivity contribution in [2.45, 2.75) is 94.5 Å². The highest BCUT2D eigenvalue weighted by atomic mass is 35.5. The summed E-state index contributed by atoms with van der Waals surface area (Å²) < 4.78 is 0. The van der Waals surface area contributed by atoms with Crippen molar-refractivity contribution in [2.75, 3.05) is 55.2 Å². The summed E-state index contributed by atoms with van der Waals surface area (Å²) in [4.78, 5) is 176. The van der Waals surface area contributed by atoms with Gasteiger partial charge in [-0.3, -0.25) is 57.9 Å². The van der Waals surface area contributed by atoms with Crippen LogP contribution in [0.3, 0.4) is 0 Å². The minimum atomic E-state index is -1.38. The fraction of sp³-hybridized carbons (Fsp3) is 0.276. The minimum Gasteiger partial charge on any atom is -0.370 e. The molecule has 6 aromatic rings. The topological polar surface area (TPSA) is 633 Å². The van der Waals surface area contributed by atoms with Gasteiger partial charge in [-0.25, -0.2) is 14.4 Å². The Morgan fingerprint density at radius 1 is 0.436 bits per heavy atom. The molecule has 117 heavy (non-hydrogen) atoms. The molecule has 4 aliphatic rings. The third kappa shape index (κ3) is 27.8. The SMILES string of the molecule is C.C[C@@H]1NC(=O)[C@@H](N)CNC(=O)[C@H](C2CCN=C(N)N2)NC(=O)/C(=C/NC(=O)Nc2cccc(-c3ccc(Cl)cc3)c2)NC(=O)[C@H](CN)NC1=O.C[C@@H]1NC(=O)[C@@H](N)CNC(=O)[C@H](C2CCN=C(N)N2)NC(=O)/C(=C/NC(=O)Nc2cccc(-c3ccccc3)c2)NC(=O)[C@H](CN)NC1=O.NC(=O)Nc1cccc(-c2ccc(Cl)cc2)c1. The number of carbonyl (C=O) groups is 13. The number of aliphatic imine (C=N–C) groups is 2. The highest BCUT2D eigenvalue weighted by molar-refractivity contribution is 6.31. The summed E-state index contributed by atoms with van der Waals surface area (Å²) in [6, 6.07) is 31.7. The van der Waals surface area contributed by atoms with Gasteiger partial charge in [0.25, 0.3) is 11.8 Å². The average Bonchev–Trinajstić information content (AvgIpc) is 0.841. The lowest BCUT2D eigenvalue weighted by molar-refractivity contribution is -0.133. The first-order chi connectivity index (χ1) is 55.4. The third-order valence-electron chi connectivity index (χ3n) is 17.5. The molecule has 10 rings (SSSR count). The smallest absolute Gasteiger partial charge is 0.323 e. The third-order valence-corrected chi connectivity index (χ3v) is 18.0. The van der Waals surface area contributed by atoms with Gasteiger partial charge in [-0.2, -0.15) is 0 Å². The molecule has 2 fully saturated rings. The van der Waals surface area contributed by atoms with E-state index in [1.165, 1.54) is 13.8 Å². The van der Waals surface area contributed by atoms with Crippen molar-refractivity contribution in [1.29, 1.82) is 0 Å². The summed E-state index contributed by atoms with van der Waals surface area (Å²) in [5, 5.41) is 44.1. The van der Waals surface area contributed by atoms with E-state index in [0.717, 1.165) is 45.8 Å². The molecule has 0 aliphatic carbocycles. The molecule has 31 N–H and O–H groups in total. The Morgan fingerprint density at radius 3 is 1.14 bits per heavy atom. The number of carbonyl (C=O) groups excluding carboxylic acids is 13. The summed E-state index contributed by atoms with van der Waals surface area (Å²) in [6.07, 6.45) is 2.39. The number of nitrogens with zero attached hydrogens (tertiary/aromatic N) is 2. The number of benzene rings is 6. The van der Waals surface area contributed by atoms with E-state index >= 15 is 0 Å². The molecule has 4 heterocycles. The predicted molar refractivity (Wildman–Crippen MR) is 441 cm³/mol. The molecule has 620 valence electrons. The van der Waals surface area contributed by atoms with Crippen molar-refractivity contribution in [3.63, 3.8) is 0 Å². The summed E-state index contributed by atoms with van der Waals surface area (Å²) >= 11 is 11.8. The Morgan fingerprint density at radius 2 is 0.786 bits per heavy atom. The average molecular weight is 1650 g/mol. The van der Waals surface area contributed by atoms with Crippen molar-refractivity contribution in [1.82, 2.24) is 74.4 Å². The molecule has 0 spiro atoms. The van der Waals surface area contributed by atoms with Gasteiger partial charge >= 0.3 is 18.1 Å². The maximum atomic E-state index is 13.7. The number of urea groups is 3. The van der Waals surface area contributed by atoms with Crippen LogP contribution in [0.15, 0.2) is 185 Å². The van der Waals surface area contributed by atoms with Gasteiger partial charge in [-0.05, 0) is 121 Å².